The Morgan fingerprint density at radius 2 is 2.11 bits per heavy atom. The first-order chi connectivity index (χ1) is 9.33. The van der Waals surface area contributed by atoms with E-state index in [0.29, 0.717) is 5.69 Å². The predicted molar refractivity (Wildman–Crippen MR) is 75.0 cm³/mol. The number of carbonyl (C=O) groups excluding carboxylic acids is 1. The molecule has 2 aliphatic carbocycles. The summed E-state index contributed by atoms with van der Waals surface area (Å²) in [5.41, 5.74) is 4.40. The quantitative estimate of drug-likeness (QED) is 0.788. The zero-order valence-corrected chi connectivity index (χ0v) is 11.2. The van der Waals surface area contributed by atoms with Crippen LogP contribution < -0.4 is 5.43 Å². The van der Waals surface area contributed by atoms with Crippen LogP contribution in [0.2, 0.25) is 0 Å². The highest BCUT2D eigenvalue weighted by Crippen LogP contribution is 2.39. The van der Waals surface area contributed by atoms with Crippen LogP contribution in [0.25, 0.3) is 0 Å². The summed E-state index contributed by atoms with van der Waals surface area (Å²) in [5.74, 6) is 1.57. The van der Waals surface area contributed by atoms with Crippen LogP contribution in [-0.4, -0.2) is 16.6 Å². The van der Waals surface area contributed by atoms with E-state index >= 15 is 0 Å². The Morgan fingerprint density at radius 3 is 2.89 bits per heavy atom. The summed E-state index contributed by atoms with van der Waals surface area (Å²) in [4.78, 5) is 14.7. The van der Waals surface area contributed by atoms with Gasteiger partial charge in [-0.05, 0) is 49.7 Å². The van der Waals surface area contributed by atoms with Gasteiger partial charge in [-0.1, -0.05) is 19.3 Å². The minimum Gasteiger partial charge on any atom is -0.357 e. The van der Waals surface area contributed by atoms with Crippen LogP contribution in [0.3, 0.4) is 0 Å². The van der Waals surface area contributed by atoms with Crippen LogP contribution in [-0.2, 0) is 0 Å². The van der Waals surface area contributed by atoms with Crippen molar-refractivity contribution in [3.63, 3.8) is 0 Å². The maximum atomic E-state index is 11.8. The molecule has 19 heavy (non-hydrogen) atoms. The Balaban J connectivity index is 1.57. The van der Waals surface area contributed by atoms with Crippen molar-refractivity contribution in [1.29, 1.82) is 0 Å². The minimum absolute atomic E-state index is 0.150. The van der Waals surface area contributed by atoms with Crippen molar-refractivity contribution in [2.45, 2.75) is 44.9 Å². The number of aromatic amines is 1. The topological polar surface area (TPSA) is 57.2 Å². The number of aromatic nitrogens is 1. The first-order valence-electron chi connectivity index (χ1n) is 7.32. The Bertz CT molecular complexity index is 464. The maximum Gasteiger partial charge on any atom is 0.287 e. The van der Waals surface area contributed by atoms with Crippen molar-refractivity contribution in [1.82, 2.24) is 10.4 Å². The molecule has 4 nitrogen and oxygen atoms in total. The number of hydrogen-bond donors (Lipinski definition) is 2. The first-order valence-corrected chi connectivity index (χ1v) is 7.32. The number of H-pyrrole nitrogens is 1. The molecule has 2 saturated carbocycles. The molecule has 0 unspecified atom stereocenters. The number of carbonyl (C=O) groups is 1. The molecule has 1 amide bonds. The van der Waals surface area contributed by atoms with E-state index in [1.807, 2.05) is 6.07 Å². The zero-order valence-electron chi connectivity index (χ0n) is 11.2. The molecule has 3 rings (SSSR count). The molecule has 4 heteroatoms. The lowest BCUT2D eigenvalue weighted by Crippen LogP contribution is -2.29. The molecule has 102 valence electrons. The van der Waals surface area contributed by atoms with Gasteiger partial charge in [-0.25, -0.2) is 5.43 Å². The van der Waals surface area contributed by atoms with E-state index in [9.17, 15) is 4.79 Å². The van der Waals surface area contributed by atoms with Crippen molar-refractivity contribution in [3.8, 4) is 0 Å². The van der Waals surface area contributed by atoms with Crippen LogP contribution in [0.5, 0.6) is 0 Å². The van der Waals surface area contributed by atoms with Crippen LogP contribution in [0.15, 0.2) is 23.4 Å². The maximum absolute atomic E-state index is 11.8. The molecule has 2 aliphatic rings. The number of nitrogens with zero attached hydrogens (tertiary/aromatic N) is 1. The molecule has 0 saturated heterocycles. The largest absolute Gasteiger partial charge is 0.357 e. The number of nitrogens with one attached hydrogen (secondary N) is 2. The number of rotatable bonds is 2. The second kappa shape index (κ2) is 5.59. The van der Waals surface area contributed by atoms with Crippen molar-refractivity contribution in [3.05, 3.63) is 24.0 Å². The van der Waals surface area contributed by atoms with Crippen LogP contribution in [0, 0.1) is 11.8 Å². The molecule has 2 N–H and O–H groups in total. The second-order valence-corrected chi connectivity index (χ2v) is 5.75. The van der Waals surface area contributed by atoms with Gasteiger partial charge in [0.15, 0.2) is 0 Å². The third-order valence-electron chi connectivity index (χ3n) is 4.53. The van der Waals surface area contributed by atoms with Gasteiger partial charge < -0.3 is 4.98 Å². The molecule has 1 aromatic heterocycles. The Labute approximate surface area is 113 Å². The van der Waals surface area contributed by atoms with Gasteiger partial charge in [-0.15, -0.1) is 0 Å². The molecule has 0 aliphatic heterocycles. The monoisotopic (exact) mass is 259 g/mol. The number of amides is 1. The van der Waals surface area contributed by atoms with Gasteiger partial charge in [-0.3, -0.25) is 4.79 Å². The average molecular weight is 259 g/mol. The average Bonchev–Trinajstić information content (AvgIpc) is 2.99. The first kappa shape index (κ1) is 12.5. The molecule has 2 atom stereocenters. The third kappa shape index (κ3) is 2.88. The SMILES string of the molecule is O=C(N/N=C1\CC[C@H]2CCCC[C@H]2C1)c1ccc[nH]1. The highest BCUT2D eigenvalue weighted by molar-refractivity contribution is 5.94. The van der Waals surface area contributed by atoms with Gasteiger partial charge in [0.25, 0.3) is 5.91 Å². The lowest BCUT2D eigenvalue weighted by atomic mass is 9.70. The zero-order chi connectivity index (χ0) is 13.1. The van der Waals surface area contributed by atoms with Crippen LogP contribution in [0.1, 0.15) is 55.4 Å². The fourth-order valence-electron chi connectivity index (χ4n) is 3.45. The smallest absolute Gasteiger partial charge is 0.287 e. The number of fused-ring (bicyclic) bond motifs is 1. The molecule has 0 aromatic carbocycles. The van der Waals surface area contributed by atoms with Crippen molar-refractivity contribution in [2.24, 2.45) is 16.9 Å². The molecule has 1 heterocycles. The van der Waals surface area contributed by atoms with E-state index in [4.69, 9.17) is 0 Å². The second-order valence-electron chi connectivity index (χ2n) is 5.75. The van der Waals surface area contributed by atoms with Gasteiger partial charge in [-0.2, -0.15) is 5.10 Å². The fraction of sp³-hybridized carbons (Fsp3) is 0.600. The fourth-order valence-corrected chi connectivity index (χ4v) is 3.45. The van der Waals surface area contributed by atoms with Gasteiger partial charge >= 0.3 is 0 Å². The molecular formula is C15H21N3O. The van der Waals surface area contributed by atoms with E-state index in [1.165, 1.54) is 37.8 Å². The van der Waals surface area contributed by atoms with Crippen molar-refractivity contribution >= 4 is 11.6 Å². The molecule has 0 bridgehead atoms. The van der Waals surface area contributed by atoms with E-state index in [1.54, 1.807) is 12.3 Å². The summed E-state index contributed by atoms with van der Waals surface area (Å²) in [6, 6.07) is 3.57. The molecule has 2 fully saturated rings. The Kier molecular flexibility index (Phi) is 3.67. The van der Waals surface area contributed by atoms with E-state index in [0.717, 1.165) is 24.7 Å². The summed E-state index contributed by atoms with van der Waals surface area (Å²) in [6.45, 7) is 0. The normalized spacial score (nSPS) is 28.9. The highest BCUT2D eigenvalue weighted by Gasteiger charge is 2.30. The van der Waals surface area contributed by atoms with Gasteiger partial charge in [0.05, 0.1) is 0 Å². The van der Waals surface area contributed by atoms with E-state index in [-0.39, 0.29) is 5.91 Å². The summed E-state index contributed by atoms with van der Waals surface area (Å²) >= 11 is 0. The minimum atomic E-state index is -0.150. The van der Waals surface area contributed by atoms with Gasteiger partial charge in [0, 0.05) is 11.9 Å². The van der Waals surface area contributed by atoms with Crippen molar-refractivity contribution in [2.75, 3.05) is 0 Å². The van der Waals surface area contributed by atoms with Crippen LogP contribution >= 0.6 is 0 Å². The lowest BCUT2D eigenvalue weighted by Gasteiger charge is -2.35. The highest BCUT2D eigenvalue weighted by atomic mass is 16.2. The Morgan fingerprint density at radius 1 is 1.26 bits per heavy atom. The van der Waals surface area contributed by atoms with E-state index < -0.39 is 0 Å². The van der Waals surface area contributed by atoms with Crippen molar-refractivity contribution < 1.29 is 4.79 Å². The van der Waals surface area contributed by atoms with Crippen LogP contribution in [0.4, 0.5) is 0 Å². The number of hydrazone groups is 1. The molecule has 0 spiro atoms. The summed E-state index contributed by atoms with van der Waals surface area (Å²) < 4.78 is 0. The molecule has 0 radical (unpaired) electrons. The molecular weight excluding hydrogens is 238 g/mol. The van der Waals surface area contributed by atoms with Gasteiger partial charge in [0.1, 0.15) is 5.69 Å². The lowest BCUT2D eigenvalue weighted by molar-refractivity contribution is 0.0949. The Hall–Kier alpha value is -1.58. The standard InChI is InChI=1S/C15H21N3O/c19-15(14-6-3-9-16-14)18-17-13-8-7-11-4-1-2-5-12(11)10-13/h3,6,9,11-12,16H,1-2,4-5,7-8,10H2,(H,18,19)/b17-13+/t11-,12+/m1/s1. The van der Waals surface area contributed by atoms with Gasteiger partial charge in [0.2, 0.25) is 0 Å². The summed E-state index contributed by atoms with van der Waals surface area (Å²) in [7, 11) is 0. The summed E-state index contributed by atoms with van der Waals surface area (Å²) in [5, 5.41) is 4.33. The third-order valence-corrected chi connectivity index (χ3v) is 4.53. The predicted octanol–water partition coefficient (Wildman–Crippen LogP) is 3.09. The molecule has 1 aromatic rings. The van der Waals surface area contributed by atoms with E-state index in [2.05, 4.69) is 15.5 Å². The summed E-state index contributed by atoms with van der Waals surface area (Å²) in [6.07, 6.45) is 10.6. The number of hydrogen-bond acceptors (Lipinski definition) is 2.